The minimum absolute atomic E-state index is 0.0359. The first-order valence-corrected chi connectivity index (χ1v) is 8.73. The molecule has 138 valence electrons. The highest BCUT2D eigenvalue weighted by molar-refractivity contribution is 5.78. The quantitative estimate of drug-likeness (QED) is 0.791. The van der Waals surface area contributed by atoms with Gasteiger partial charge in [0.25, 0.3) is 0 Å². The molecular formula is C19H28N2O4. The van der Waals surface area contributed by atoms with Gasteiger partial charge in [-0.3, -0.25) is 9.59 Å². The van der Waals surface area contributed by atoms with E-state index in [4.69, 9.17) is 9.47 Å². The molecule has 6 nitrogen and oxygen atoms in total. The van der Waals surface area contributed by atoms with Crippen LogP contribution in [0.15, 0.2) is 24.3 Å². The zero-order valence-corrected chi connectivity index (χ0v) is 15.5. The van der Waals surface area contributed by atoms with E-state index in [9.17, 15) is 9.59 Å². The molecule has 0 aromatic heterocycles. The number of hydrogen-bond acceptors (Lipinski definition) is 4. The fraction of sp³-hybridized carbons (Fsp3) is 0.579. The van der Waals surface area contributed by atoms with Crippen molar-refractivity contribution in [2.75, 3.05) is 33.4 Å². The van der Waals surface area contributed by atoms with Crippen LogP contribution in [0.3, 0.4) is 0 Å². The summed E-state index contributed by atoms with van der Waals surface area (Å²) in [5.74, 6) is 0.890. The van der Waals surface area contributed by atoms with Gasteiger partial charge < -0.3 is 19.3 Å². The number of nitrogens with zero attached hydrogens (tertiary/aromatic N) is 2. The number of carbonyl (C=O) groups excluding carboxylic acids is 2. The largest absolute Gasteiger partial charge is 0.491 e. The van der Waals surface area contributed by atoms with Gasteiger partial charge in [-0.2, -0.15) is 0 Å². The summed E-state index contributed by atoms with van der Waals surface area (Å²) in [5.41, 5.74) is 1.01. The maximum absolute atomic E-state index is 12.5. The molecule has 1 saturated heterocycles. The van der Waals surface area contributed by atoms with Crippen LogP contribution in [0.5, 0.6) is 5.75 Å². The van der Waals surface area contributed by atoms with Crippen molar-refractivity contribution in [1.82, 2.24) is 9.80 Å². The van der Waals surface area contributed by atoms with Crippen LogP contribution in [-0.2, 0) is 14.3 Å². The first-order chi connectivity index (χ1) is 11.9. The van der Waals surface area contributed by atoms with Crippen LogP contribution < -0.4 is 4.74 Å². The van der Waals surface area contributed by atoms with Gasteiger partial charge in [0.2, 0.25) is 11.8 Å². The third-order valence-electron chi connectivity index (χ3n) is 4.30. The van der Waals surface area contributed by atoms with E-state index in [1.54, 1.807) is 18.9 Å². The summed E-state index contributed by atoms with van der Waals surface area (Å²) in [4.78, 5) is 28.0. The third kappa shape index (κ3) is 5.19. The van der Waals surface area contributed by atoms with Crippen molar-refractivity contribution in [3.8, 4) is 5.75 Å². The SMILES string of the molecule is COCCC(=O)N1CCN(C(C)=O)CC1c1ccc(OC(C)C)cc1. The molecule has 0 saturated carbocycles. The van der Waals surface area contributed by atoms with Crippen molar-refractivity contribution >= 4 is 11.8 Å². The highest BCUT2D eigenvalue weighted by Gasteiger charge is 2.32. The number of amides is 2. The topological polar surface area (TPSA) is 59.1 Å². The molecule has 0 radical (unpaired) electrons. The highest BCUT2D eigenvalue weighted by Crippen LogP contribution is 2.28. The predicted molar refractivity (Wildman–Crippen MR) is 95.4 cm³/mol. The average Bonchev–Trinajstić information content (AvgIpc) is 2.59. The van der Waals surface area contributed by atoms with Crippen LogP contribution in [-0.4, -0.2) is 61.1 Å². The predicted octanol–water partition coefficient (Wildman–Crippen LogP) is 2.24. The number of carbonyl (C=O) groups is 2. The Kier molecular flexibility index (Phi) is 6.82. The van der Waals surface area contributed by atoms with Crippen LogP contribution in [0.25, 0.3) is 0 Å². The molecule has 25 heavy (non-hydrogen) atoms. The molecule has 0 spiro atoms. The summed E-state index contributed by atoms with van der Waals surface area (Å²) >= 11 is 0. The molecule has 1 unspecified atom stereocenters. The van der Waals surface area contributed by atoms with Crippen LogP contribution >= 0.6 is 0 Å². The monoisotopic (exact) mass is 348 g/mol. The number of benzene rings is 1. The molecule has 0 aliphatic carbocycles. The van der Waals surface area contributed by atoms with Crippen LogP contribution in [0.1, 0.15) is 38.8 Å². The van der Waals surface area contributed by atoms with Gasteiger partial charge in [0, 0.05) is 33.7 Å². The Morgan fingerprint density at radius 2 is 1.88 bits per heavy atom. The van der Waals surface area contributed by atoms with Gasteiger partial charge in [0.15, 0.2) is 0 Å². The van der Waals surface area contributed by atoms with E-state index >= 15 is 0 Å². The number of ether oxygens (including phenoxy) is 2. The third-order valence-corrected chi connectivity index (χ3v) is 4.30. The molecule has 0 bridgehead atoms. The Labute approximate surface area is 149 Å². The molecule has 1 aliphatic heterocycles. The Bertz CT molecular complexity index is 586. The second-order valence-corrected chi connectivity index (χ2v) is 6.55. The maximum atomic E-state index is 12.5. The summed E-state index contributed by atoms with van der Waals surface area (Å²) < 4.78 is 10.7. The molecule has 1 aromatic rings. The van der Waals surface area contributed by atoms with Crippen molar-refractivity contribution in [1.29, 1.82) is 0 Å². The normalized spacial score (nSPS) is 17.7. The lowest BCUT2D eigenvalue weighted by Gasteiger charge is -2.41. The summed E-state index contributed by atoms with van der Waals surface area (Å²) in [6.07, 6.45) is 0.461. The molecule has 0 N–H and O–H groups in total. The molecule has 1 atom stereocenters. The maximum Gasteiger partial charge on any atom is 0.225 e. The van der Waals surface area contributed by atoms with Crippen LogP contribution in [0.2, 0.25) is 0 Å². The van der Waals surface area contributed by atoms with Gasteiger partial charge in [-0.05, 0) is 31.5 Å². The first-order valence-electron chi connectivity index (χ1n) is 8.73. The summed E-state index contributed by atoms with van der Waals surface area (Å²) in [5, 5.41) is 0. The van der Waals surface area contributed by atoms with E-state index in [0.29, 0.717) is 32.7 Å². The van der Waals surface area contributed by atoms with Gasteiger partial charge in [-0.15, -0.1) is 0 Å². The van der Waals surface area contributed by atoms with E-state index in [2.05, 4.69) is 0 Å². The lowest BCUT2D eigenvalue weighted by Crippen LogP contribution is -2.52. The van der Waals surface area contributed by atoms with Gasteiger partial charge >= 0.3 is 0 Å². The molecule has 1 heterocycles. The lowest BCUT2D eigenvalue weighted by atomic mass is 10.0. The van der Waals surface area contributed by atoms with E-state index in [1.807, 2.05) is 43.0 Å². The molecule has 1 fully saturated rings. The van der Waals surface area contributed by atoms with Crippen molar-refractivity contribution in [3.05, 3.63) is 29.8 Å². The van der Waals surface area contributed by atoms with E-state index in [0.717, 1.165) is 11.3 Å². The van der Waals surface area contributed by atoms with Crippen molar-refractivity contribution in [3.63, 3.8) is 0 Å². The van der Waals surface area contributed by atoms with E-state index < -0.39 is 0 Å². The molecular weight excluding hydrogens is 320 g/mol. The Hall–Kier alpha value is -2.08. The van der Waals surface area contributed by atoms with Gasteiger partial charge in [-0.1, -0.05) is 12.1 Å². The minimum atomic E-state index is -0.143. The van der Waals surface area contributed by atoms with E-state index in [-0.39, 0.29) is 24.0 Å². The van der Waals surface area contributed by atoms with Gasteiger partial charge in [0.1, 0.15) is 5.75 Å². The molecule has 2 rings (SSSR count). The first kappa shape index (κ1) is 19.2. The number of piperazine rings is 1. The Balaban J connectivity index is 2.19. The standard InChI is InChI=1S/C19H28N2O4/c1-14(2)25-17-7-5-16(6-8-17)18-13-20(15(3)22)10-11-21(18)19(23)9-12-24-4/h5-8,14,18H,9-13H2,1-4H3. The summed E-state index contributed by atoms with van der Waals surface area (Å²) in [7, 11) is 1.59. The zero-order valence-electron chi connectivity index (χ0n) is 15.5. The molecule has 6 heteroatoms. The van der Waals surface area contributed by atoms with Crippen molar-refractivity contribution in [2.45, 2.75) is 39.3 Å². The average molecular weight is 348 g/mol. The van der Waals surface area contributed by atoms with Gasteiger partial charge in [-0.25, -0.2) is 0 Å². The van der Waals surface area contributed by atoms with Crippen molar-refractivity contribution in [2.24, 2.45) is 0 Å². The second kappa shape index (κ2) is 8.85. The molecule has 1 aromatic carbocycles. The van der Waals surface area contributed by atoms with Crippen LogP contribution in [0, 0.1) is 0 Å². The number of rotatable bonds is 6. The molecule has 1 aliphatic rings. The van der Waals surface area contributed by atoms with E-state index in [1.165, 1.54) is 0 Å². The minimum Gasteiger partial charge on any atom is -0.491 e. The molecule has 2 amide bonds. The second-order valence-electron chi connectivity index (χ2n) is 6.55. The fourth-order valence-electron chi connectivity index (χ4n) is 3.03. The number of methoxy groups -OCH3 is 1. The summed E-state index contributed by atoms with van der Waals surface area (Å²) in [6.45, 7) is 7.55. The smallest absolute Gasteiger partial charge is 0.225 e. The van der Waals surface area contributed by atoms with Gasteiger partial charge in [0.05, 0.1) is 25.2 Å². The Morgan fingerprint density at radius 3 is 2.44 bits per heavy atom. The fourth-order valence-corrected chi connectivity index (χ4v) is 3.03. The van der Waals surface area contributed by atoms with Crippen molar-refractivity contribution < 1.29 is 19.1 Å². The number of hydrogen-bond donors (Lipinski definition) is 0. The van der Waals surface area contributed by atoms with Crippen LogP contribution in [0.4, 0.5) is 0 Å². The highest BCUT2D eigenvalue weighted by atomic mass is 16.5. The summed E-state index contributed by atoms with van der Waals surface area (Å²) in [6, 6.07) is 7.64. The lowest BCUT2D eigenvalue weighted by molar-refractivity contribution is -0.142. The zero-order chi connectivity index (χ0) is 18.4. The Morgan fingerprint density at radius 1 is 1.20 bits per heavy atom.